The van der Waals surface area contributed by atoms with Gasteiger partial charge < -0.3 is 9.30 Å². The zero-order valence-electron chi connectivity index (χ0n) is 15.3. The Morgan fingerprint density at radius 3 is 2.47 bits per heavy atom. The monoisotopic (exact) mass is 433 g/mol. The van der Waals surface area contributed by atoms with Gasteiger partial charge in [-0.25, -0.2) is 13.8 Å². The fourth-order valence-electron chi connectivity index (χ4n) is 3.15. The van der Waals surface area contributed by atoms with Crippen LogP contribution in [0, 0.1) is 11.6 Å². The molecular weight excluding hydrogens is 420 g/mol. The zero-order valence-corrected chi connectivity index (χ0v) is 16.2. The molecule has 3 heterocycles. The van der Waals surface area contributed by atoms with Crippen LogP contribution < -0.4 is 10.3 Å². The fraction of sp³-hybridized carbons (Fsp3) is 0.105. The maximum atomic E-state index is 14.5. The van der Waals surface area contributed by atoms with E-state index in [1.165, 1.54) is 25.4 Å². The predicted molar refractivity (Wildman–Crippen MR) is 103 cm³/mol. The second kappa shape index (κ2) is 7.11. The summed E-state index contributed by atoms with van der Waals surface area (Å²) in [5.41, 5.74) is -0.462. The molecular formula is C19H13F2N3O5S. The molecule has 30 heavy (non-hydrogen) atoms. The molecule has 154 valence electrons. The average molecular weight is 433 g/mol. The minimum absolute atomic E-state index is 0.267. The van der Waals surface area contributed by atoms with Crippen molar-refractivity contribution >= 4 is 32.1 Å². The van der Waals surface area contributed by atoms with Crippen molar-refractivity contribution in [3.63, 3.8) is 0 Å². The van der Waals surface area contributed by atoms with E-state index in [-0.39, 0.29) is 5.65 Å². The third-order valence-corrected chi connectivity index (χ3v) is 5.41. The molecule has 0 amide bonds. The molecule has 4 rings (SSSR count). The van der Waals surface area contributed by atoms with E-state index in [4.69, 9.17) is 9.29 Å². The average Bonchev–Trinajstić information content (AvgIpc) is 2.70. The Balaban J connectivity index is 1.97. The van der Waals surface area contributed by atoms with Gasteiger partial charge in [-0.2, -0.15) is 13.4 Å². The van der Waals surface area contributed by atoms with E-state index < -0.39 is 44.3 Å². The van der Waals surface area contributed by atoms with Gasteiger partial charge in [-0.1, -0.05) is 0 Å². The number of aromatic nitrogens is 3. The first-order valence-electron chi connectivity index (χ1n) is 8.48. The lowest BCUT2D eigenvalue weighted by Crippen LogP contribution is -2.21. The summed E-state index contributed by atoms with van der Waals surface area (Å²) in [4.78, 5) is 20.1. The lowest BCUT2D eigenvalue weighted by Gasteiger charge is -2.14. The van der Waals surface area contributed by atoms with Crippen LogP contribution in [0.15, 0.2) is 52.3 Å². The van der Waals surface area contributed by atoms with Crippen LogP contribution in [0.5, 0.6) is 5.88 Å². The number of nitrogens with zero attached hydrogens (tertiary/aromatic N) is 3. The molecule has 0 unspecified atom stereocenters. The van der Waals surface area contributed by atoms with E-state index in [1.807, 2.05) is 0 Å². The summed E-state index contributed by atoms with van der Waals surface area (Å²) in [6.07, 6.45) is 1.47. The maximum Gasteiger partial charge on any atom is 0.294 e. The summed E-state index contributed by atoms with van der Waals surface area (Å²) in [7, 11) is -3.36. The van der Waals surface area contributed by atoms with Crippen LogP contribution in [-0.4, -0.2) is 34.6 Å². The molecule has 0 spiro atoms. The van der Waals surface area contributed by atoms with Gasteiger partial charge in [0.25, 0.3) is 15.7 Å². The Kier molecular flexibility index (Phi) is 4.71. The van der Waals surface area contributed by atoms with Crippen molar-refractivity contribution in [3.8, 4) is 5.88 Å². The molecule has 0 fully saturated rings. The first kappa shape index (κ1) is 19.9. The molecule has 0 aliphatic rings. The number of pyridine rings is 3. The first-order valence-corrected chi connectivity index (χ1v) is 9.92. The molecule has 8 nitrogen and oxygen atoms in total. The minimum Gasteiger partial charge on any atom is -0.481 e. The minimum atomic E-state index is -4.79. The second-order valence-electron chi connectivity index (χ2n) is 6.39. The molecule has 11 heteroatoms. The summed E-state index contributed by atoms with van der Waals surface area (Å²) < 4.78 is 66.6. The largest absolute Gasteiger partial charge is 0.481 e. The van der Waals surface area contributed by atoms with Crippen molar-refractivity contribution < 1.29 is 26.5 Å². The molecule has 1 aromatic carbocycles. The first-order chi connectivity index (χ1) is 14.2. The van der Waals surface area contributed by atoms with Crippen LogP contribution in [0.2, 0.25) is 0 Å². The summed E-state index contributed by atoms with van der Waals surface area (Å²) in [6, 6.07) is 6.94. The number of hydrogen-bond donors (Lipinski definition) is 1. The van der Waals surface area contributed by atoms with Gasteiger partial charge in [0.15, 0.2) is 5.65 Å². The Bertz CT molecular complexity index is 1460. The van der Waals surface area contributed by atoms with E-state index >= 15 is 0 Å². The van der Waals surface area contributed by atoms with Crippen LogP contribution in [0.1, 0.15) is 5.56 Å². The highest BCUT2D eigenvalue weighted by molar-refractivity contribution is 7.85. The summed E-state index contributed by atoms with van der Waals surface area (Å²) in [5.74, 6) is -2.13. The fourth-order valence-corrected chi connectivity index (χ4v) is 3.66. The van der Waals surface area contributed by atoms with Gasteiger partial charge in [-0.15, -0.1) is 0 Å². The number of methoxy groups -OCH3 is 1. The molecule has 0 radical (unpaired) electrons. The standard InChI is InChI=1S/C19H13F2N3O5S/c1-29-16-4-3-12-18-10(8-22-19(12)23-16)2-5-17(25)24(18)9-13-14(20)6-11(7-15(13)21)30(26,27)28/h2-8H,9H2,1H3,(H,26,27,28). The SMILES string of the molecule is COc1ccc2c(ncc3ccc(=O)n(Cc4c(F)cc(S(=O)(=O)O)cc4F)c32)n1. The molecule has 0 atom stereocenters. The number of fused-ring (bicyclic) bond motifs is 3. The molecule has 0 bridgehead atoms. The van der Waals surface area contributed by atoms with Gasteiger partial charge in [0.2, 0.25) is 5.88 Å². The van der Waals surface area contributed by atoms with E-state index in [9.17, 15) is 22.0 Å². The molecule has 0 aliphatic carbocycles. The summed E-state index contributed by atoms with van der Waals surface area (Å²) in [6.45, 7) is -0.523. The lowest BCUT2D eigenvalue weighted by molar-refractivity contribution is 0.399. The molecule has 4 aromatic rings. The van der Waals surface area contributed by atoms with Crippen LogP contribution in [0.25, 0.3) is 21.9 Å². The Labute approximate surface area is 168 Å². The lowest BCUT2D eigenvalue weighted by atomic mass is 10.1. The van der Waals surface area contributed by atoms with Crippen molar-refractivity contribution in [2.45, 2.75) is 11.4 Å². The highest BCUT2D eigenvalue weighted by Gasteiger charge is 2.20. The maximum absolute atomic E-state index is 14.5. The van der Waals surface area contributed by atoms with Crippen molar-refractivity contribution in [2.75, 3.05) is 7.11 Å². The third kappa shape index (κ3) is 3.37. The summed E-state index contributed by atoms with van der Waals surface area (Å²) >= 11 is 0. The smallest absolute Gasteiger partial charge is 0.294 e. The third-order valence-electron chi connectivity index (χ3n) is 4.58. The van der Waals surface area contributed by atoms with Gasteiger partial charge in [-0.3, -0.25) is 9.35 Å². The van der Waals surface area contributed by atoms with Crippen molar-refractivity contribution in [1.29, 1.82) is 0 Å². The van der Waals surface area contributed by atoms with Crippen LogP contribution in [0.4, 0.5) is 8.78 Å². The van der Waals surface area contributed by atoms with E-state index in [1.54, 1.807) is 12.1 Å². The number of halogens is 2. The Hall–Kier alpha value is -3.44. The van der Waals surface area contributed by atoms with Crippen LogP contribution >= 0.6 is 0 Å². The van der Waals surface area contributed by atoms with E-state index in [2.05, 4.69) is 9.97 Å². The molecule has 0 saturated heterocycles. The molecule has 3 aromatic heterocycles. The zero-order chi connectivity index (χ0) is 21.6. The molecule has 0 saturated carbocycles. The Morgan fingerprint density at radius 1 is 1.13 bits per heavy atom. The van der Waals surface area contributed by atoms with E-state index in [0.29, 0.717) is 34.3 Å². The van der Waals surface area contributed by atoms with Crippen LogP contribution in [0.3, 0.4) is 0 Å². The quantitative estimate of drug-likeness (QED) is 0.389. The van der Waals surface area contributed by atoms with Crippen LogP contribution in [-0.2, 0) is 16.7 Å². The van der Waals surface area contributed by atoms with Crippen molar-refractivity contribution in [1.82, 2.24) is 14.5 Å². The Morgan fingerprint density at radius 2 is 1.83 bits per heavy atom. The number of ether oxygens (including phenoxy) is 1. The predicted octanol–water partition coefficient (Wildman–Crippen LogP) is 2.53. The van der Waals surface area contributed by atoms with Gasteiger partial charge >= 0.3 is 0 Å². The van der Waals surface area contributed by atoms with Gasteiger partial charge in [0.05, 0.1) is 24.1 Å². The van der Waals surface area contributed by atoms with Gasteiger partial charge in [0, 0.05) is 34.7 Å². The van der Waals surface area contributed by atoms with Crippen molar-refractivity contribution in [3.05, 3.63) is 70.1 Å². The van der Waals surface area contributed by atoms with Crippen molar-refractivity contribution in [2.24, 2.45) is 0 Å². The highest BCUT2D eigenvalue weighted by Crippen LogP contribution is 2.25. The molecule has 1 N–H and O–H groups in total. The van der Waals surface area contributed by atoms with Gasteiger partial charge in [-0.05, 0) is 24.3 Å². The molecule has 0 aliphatic heterocycles. The second-order valence-corrected chi connectivity index (χ2v) is 7.81. The number of rotatable bonds is 4. The normalized spacial score (nSPS) is 11.9. The summed E-state index contributed by atoms with van der Waals surface area (Å²) in [5, 5.41) is 0.991. The number of benzene rings is 1. The van der Waals surface area contributed by atoms with E-state index in [0.717, 1.165) is 4.57 Å². The van der Waals surface area contributed by atoms with Gasteiger partial charge in [0.1, 0.15) is 11.6 Å². The number of hydrogen-bond acceptors (Lipinski definition) is 6. The topological polar surface area (TPSA) is 111 Å². The highest BCUT2D eigenvalue weighted by atomic mass is 32.2.